The number of Topliss-reactive ketones (excluding diaryl/α,β-unsaturated/α-hetero) is 1. The molecule has 0 unspecified atom stereocenters. The minimum atomic E-state index is -1.01. The Balaban J connectivity index is 2.66. The Kier molecular flexibility index (Phi) is 1.32. The number of carbonyl (C=O) groups excluding carboxylic acids is 1. The second kappa shape index (κ2) is 2.14. The lowest BCUT2D eigenvalue weighted by atomic mass is 10.0. The molecule has 0 aliphatic heterocycles. The molecule has 1 N–H and O–H groups in total. The lowest BCUT2D eigenvalue weighted by Crippen LogP contribution is -2.16. The maximum atomic E-state index is 11.3. The third-order valence-electron chi connectivity index (χ3n) is 2.16. The average Bonchev–Trinajstić information content (AvgIpc) is 2.25. The van der Waals surface area contributed by atoms with Crippen molar-refractivity contribution in [3.05, 3.63) is 29.6 Å². The summed E-state index contributed by atoms with van der Waals surface area (Å²) in [5.41, 5.74) is 0.0539. The van der Waals surface area contributed by atoms with Crippen molar-refractivity contribution in [1.29, 1.82) is 0 Å². The fourth-order valence-electron chi connectivity index (χ4n) is 1.55. The monoisotopic (exact) mass is 163 g/mol. The number of fused-ring (bicyclic) bond motifs is 1. The normalized spacial score (nSPS) is 27.3. The Morgan fingerprint density at radius 1 is 1.67 bits per heavy atom. The molecule has 3 nitrogen and oxygen atoms in total. The summed E-state index contributed by atoms with van der Waals surface area (Å²) in [7, 11) is 0. The number of ketones is 1. The first-order chi connectivity index (χ1) is 5.61. The number of hydrogen-bond donors (Lipinski definition) is 1. The highest BCUT2D eigenvalue weighted by Crippen LogP contribution is 2.34. The molecule has 1 aromatic rings. The summed E-state index contributed by atoms with van der Waals surface area (Å²) in [5, 5.41) is 9.76. The number of pyridine rings is 1. The molecule has 3 heteroatoms. The van der Waals surface area contributed by atoms with Crippen LogP contribution in [0.5, 0.6) is 0 Å². The molecule has 1 heterocycles. The third kappa shape index (κ3) is 0.865. The van der Waals surface area contributed by atoms with Gasteiger partial charge in [0.15, 0.2) is 5.78 Å². The summed E-state index contributed by atoms with van der Waals surface area (Å²) in [6.07, 6.45) is 1.72. The minimum absolute atomic E-state index is 0.0735. The highest BCUT2D eigenvalue weighted by molar-refractivity contribution is 5.99. The van der Waals surface area contributed by atoms with Crippen LogP contribution in [0, 0.1) is 0 Å². The van der Waals surface area contributed by atoms with E-state index in [0.29, 0.717) is 11.3 Å². The van der Waals surface area contributed by atoms with Crippen molar-refractivity contribution < 1.29 is 9.90 Å². The van der Waals surface area contributed by atoms with Gasteiger partial charge >= 0.3 is 0 Å². The van der Waals surface area contributed by atoms with E-state index in [4.69, 9.17) is 0 Å². The molecule has 0 bridgehead atoms. The third-order valence-corrected chi connectivity index (χ3v) is 2.16. The maximum Gasteiger partial charge on any atom is 0.184 e. The van der Waals surface area contributed by atoms with Crippen LogP contribution in [0.15, 0.2) is 18.3 Å². The largest absolute Gasteiger partial charge is 0.385 e. The first-order valence-corrected chi connectivity index (χ1v) is 3.82. The fourth-order valence-corrected chi connectivity index (χ4v) is 1.55. The van der Waals surface area contributed by atoms with Crippen molar-refractivity contribution in [3.8, 4) is 0 Å². The summed E-state index contributed by atoms with van der Waals surface area (Å²) >= 11 is 0. The summed E-state index contributed by atoms with van der Waals surface area (Å²) in [6.45, 7) is 1.64. The van der Waals surface area contributed by atoms with Gasteiger partial charge in [-0.05, 0) is 13.0 Å². The smallest absolute Gasteiger partial charge is 0.184 e. The number of nitrogens with zero attached hydrogens (tertiary/aromatic N) is 1. The van der Waals surface area contributed by atoms with Crippen molar-refractivity contribution in [3.63, 3.8) is 0 Å². The van der Waals surface area contributed by atoms with Gasteiger partial charge in [-0.2, -0.15) is 0 Å². The molecule has 1 aromatic heterocycles. The van der Waals surface area contributed by atoms with Crippen molar-refractivity contribution in [2.75, 3.05) is 0 Å². The van der Waals surface area contributed by atoms with Crippen LogP contribution in [0.3, 0.4) is 0 Å². The zero-order chi connectivity index (χ0) is 8.77. The lowest BCUT2D eigenvalue weighted by Gasteiger charge is -2.14. The van der Waals surface area contributed by atoms with Gasteiger partial charge in [0.2, 0.25) is 0 Å². The summed E-state index contributed by atoms with van der Waals surface area (Å²) in [4.78, 5) is 15.2. The standard InChI is InChI=1S/C9H9NO2/c1-9(12)5-7(11)8-6(9)3-2-4-10-8/h2-4,12H,5H2,1H3/t9-/m0/s1. The predicted octanol–water partition coefficient (Wildman–Crippen LogP) is 0.875. The van der Waals surface area contributed by atoms with E-state index < -0.39 is 5.60 Å². The number of hydrogen-bond acceptors (Lipinski definition) is 3. The second-order valence-corrected chi connectivity index (χ2v) is 3.27. The van der Waals surface area contributed by atoms with Gasteiger partial charge in [0.25, 0.3) is 0 Å². The Labute approximate surface area is 70.1 Å². The molecule has 0 spiro atoms. The van der Waals surface area contributed by atoms with Gasteiger partial charge in [-0.25, -0.2) is 0 Å². The number of rotatable bonds is 0. The molecule has 1 atom stereocenters. The highest BCUT2D eigenvalue weighted by Gasteiger charge is 2.38. The summed E-state index contributed by atoms with van der Waals surface area (Å²) in [5.74, 6) is -0.0735. The van der Waals surface area contributed by atoms with Crippen LogP contribution in [0.25, 0.3) is 0 Å². The lowest BCUT2D eigenvalue weighted by molar-refractivity contribution is 0.0534. The van der Waals surface area contributed by atoms with Gasteiger partial charge in [0.1, 0.15) is 5.69 Å². The van der Waals surface area contributed by atoms with E-state index in [9.17, 15) is 9.90 Å². The Bertz CT molecular complexity index is 344. The minimum Gasteiger partial charge on any atom is -0.385 e. The molecule has 0 fully saturated rings. The van der Waals surface area contributed by atoms with E-state index in [1.807, 2.05) is 0 Å². The van der Waals surface area contributed by atoms with Gasteiger partial charge in [-0.3, -0.25) is 9.78 Å². The maximum absolute atomic E-state index is 11.3. The Morgan fingerprint density at radius 3 is 3.08 bits per heavy atom. The van der Waals surface area contributed by atoms with Crippen LogP contribution < -0.4 is 0 Å². The van der Waals surface area contributed by atoms with E-state index in [-0.39, 0.29) is 12.2 Å². The van der Waals surface area contributed by atoms with E-state index in [1.54, 1.807) is 25.3 Å². The molecule has 0 saturated heterocycles. The molecule has 2 rings (SSSR count). The van der Waals surface area contributed by atoms with Gasteiger partial charge in [0.05, 0.1) is 5.60 Å². The van der Waals surface area contributed by atoms with E-state index in [0.717, 1.165) is 0 Å². The predicted molar refractivity (Wildman–Crippen MR) is 42.8 cm³/mol. The van der Waals surface area contributed by atoms with Crippen LogP contribution in [-0.4, -0.2) is 15.9 Å². The molecule has 1 aliphatic rings. The molecule has 0 amide bonds. The van der Waals surface area contributed by atoms with Crippen molar-refractivity contribution in [1.82, 2.24) is 4.98 Å². The van der Waals surface area contributed by atoms with Crippen LogP contribution >= 0.6 is 0 Å². The van der Waals surface area contributed by atoms with Crippen molar-refractivity contribution >= 4 is 5.78 Å². The van der Waals surface area contributed by atoms with Crippen LogP contribution in [0.4, 0.5) is 0 Å². The zero-order valence-corrected chi connectivity index (χ0v) is 6.74. The van der Waals surface area contributed by atoms with E-state index in [2.05, 4.69) is 4.98 Å². The molecular formula is C9H9NO2. The first kappa shape index (κ1) is 7.43. The first-order valence-electron chi connectivity index (χ1n) is 3.82. The van der Waals surface area contributed by atoms with Crippen molar-refractivity contribution in [2.45, 2.75) is 18.9 Å². The molecule has 12 heavy (non-hydrogen) atoms. The van der Waals surface area contributed by atoms with E-state index in [1.165, 1.54) is 0 Å². The molecule has 0 aromatic carbocycles. The Hall–Kier alpha value is -1.22. The SMILES string of the molecule is C[C@]1(O)CC(=O)c2ncccc21. The topological polar surface area (TPSA) is 50.2 Å². The molecule has 62 valence electrons. The zero-order valence-electron chi connectivity index (χ0n) is 6.74. The van der Waals surface area contributed by atoms with Crippen LogP contribution in [-0.2, 0) is 5.60 Å². The van der Waals surface area contributed by atoms with Crippen molar-refractivity contribution in [2.24, 2.45) is 0 Å². The van der Waals surface area contributed by atoms with E-state index >= 15 is 0 Å². The molecule has 1 aliphatic carbocycles. The summed E-state index contributed by atoms with van der Waals surface area (Å²) in [6, 6.07) is 3.47. The molecular weight excluding hydrogens is 154 g/mol. The Morgan fingerprint density at radius 2 is 2.42 bits per heavy atom. The second-order valence-electron chi connectivity index (χ2n) is 3.27. The van der Waals surface area contributed by atoms with Gasteiger partial charge in [-0.1, -0.05) is 6.07 Å². The van der Waals surface area contributed by atoms with Gasteiger partial charge in [-0.15, -0.1) is 0 Å². The molecule has 0 radical (unpaired) electrons. The molecule has 0 saturated carbocycles. The highest BCUT2D eigenvalue weighted by atomic mass is 16.3. The number of aliphatic hydroxyl groups is 1. The van der Waals surface area contributed by atoms with Crippen LogP contribution in [0.1, 0.15) is 29.4 Å². The van der Waals surface area contributed by atoms with Crippen LogP contribution in [0.2, 0.25) is 0 Å². The number of aromatic nitrogens is 1. The summed E-state index contributed by atoms with van der Waals surface area (Å²) < 4.78 is 0. The average molecular weight is 163 g/mol. The fraction of sp³-hybridized carbons (Fsp3) is 0.333. The number of carbonyl (C=O) groups is 1. The quantitative estimate of drug-likeness (QED) is 0.617. The van der Waals surface area contributed by atoms with Gasteiger partial charge in [0, 0.05) is 18.2 Å². The van der Waals surface area contributed by atoms with Gasteiger partial charge < -0.3 is 5.11 Å².